The molecule has 2 aromatic rings. The lowest BCUT2D eigenvalue weighted by Crippen LogP contribution is -2.03. The van der Waals surface area contributed by atoms with E-state index in [0.29, 0.717) is 17.4 Å². The molecule has 0 amide bonds. The van der Waals surface area contributed by atoms with E-state index in [1.54, 1.807) is 16.9 Å². The Morgan fingerprint density at radius 1 is 1.56 bits per heavy atom. The van der Waals surface area contributed by atoms with Crippen LogP contribution in [0.25, 0.3) is 0 Å². The van der Waals surface area contributed by atoms with Gasteiger partial charge in [0, 0.05) is 37.0 Å². The molecule has 6 nitrogen and oxygen atoms in total. The molecular formula is C12H14N4O2. The Bertz CT molecular complexity index is 586. The summed E-state index contributed by atoms with van der Waals surface area (Å²) in [6.45, 7) is 0. The van der Waals surface area contributed by atoms with Crippen LogP contribution in [0.1, 0.15) is 40.0 Å². The molecule has 0 radical (unpaired) electrons. The number of rotatable bonds is 3. The second kappa shape index (κ2) is 3.97. The van der Waals surface area contributed by atoms with Gasteiger partial charge in [0.2, 0.25) is 0 Å². The van der Waals surface area contributed by atoms with Gasteiger partial charge in [-0.25, -0.2) is 4.79 Å². The van der Waals surface area contributed by atoms with Crippen molar-refractivity contribution in [1.29, 1.82) is 0 Å². The zero-order chi connectivity index (χ0) is 12.7. The molecular weight excluding hydrogens is 232 g/mol. The minimum Gasteiger partial charge on any atom is -0.465 e. The third-order valence-corrected chi connectivity index (χ3v) is 3.35. The predicted octanol–water partition coefficient (Wildman–Crippen LogP) is 1.20. The Hall–Kier alpha value is -2.11. The standard InChI is InChI=1S/C12H14N4O2/c1-16-6-10(14-15-16)8-5-9(8)11-7(3-4-13-11)12(17)18-2/h3-4,6,8-9,13H,5H2,1-2H3/t8?,9-/m1/s1. The molecule has 1 N–H and O–H groups in total. The molecule has 2 heterocycles. The molecule has 1 saturated carbocycles. The van der Waals surface area contributed by atoms with Crippen molar-refractivity contribution >= 4 is 5.97 Å². The average Bonchev–Trinajstić information content (AvgIpc) is 2.82. The van der Waals surface area contributed by atoms with Crippen LogP contribution in [0, 0.1) is 0 Å². The number of H-pyrrole nitrogens is 1. The number of carbonyl (C=O) groups excluding carboxylic acids is 1. The number of nitrogens with one attached hydrogen (secondary N) is 1. The quantitative estimate of drug-likeness (QED) is 0.826. The number of methoxy groups -OCH3 is 1. The van der Waals surface area contributed by atoms with Crippen molar-refractivity contribution < 1.29 is 9.53 Å². The number of aromatic nitrogens is 4. The maximum atomic E-state index is 11.6. The summed E-state index contributed by atoms with van der Waals surface area (Å²) in [6.07, 6.45) is 4.68. The molecule has 0 aliphatic heterocycles. The third kappa shape index (κ3) is 1.70. The molecule has 0 spiro atoms. The number of aryl methyl sites for hydroxylation is 1. The zero-order valence-electron chi connectivity index (χ0n) is 10.3. The van der Waals surface area contributed by atoms with Crippen LogP contribution in [0.15, 0.2) is 18.5 Å². The number of aromatic amines is 1. The Kier molecular flexibility index (Phi) is 2.43. The Morgan fingerprint density at radius 2 is 2.39 bits per heavy atom. The SMILES string of the molecule is COC(=O)c1cc[nH]c1[C@@H]1CC1c1cn(C)nn1. The summed E-state index contributed by atoms with van der Waals surface area (Å²) in [7, 11) is 3.24. The van der Waals surface area contributed by atoms with Gasteiger partial charge in [0.05, 0.1) is 18.4 Å². The Balaban J connectivity index is 1.82. The monoisotopic (exact) mass is 246 g/mol. The summed E-state index contributed by atoms with van der Waals surface area (Å²) in [5.74, 6) is 0.364. The number of hydrogen-bond donors (Lipinski definition) is 1. The van der Waals surface area contributed by atoms with Gasteiger partial charge in [-0.15, -0.1) is 5.10 Å². The summed E-state index contributed by atoms with van der Waals surface area (Å²) in [4.78, 5) is 14.7. The second-order valence-corrected chi connectivity index (χ2v) is 4.56. The summed E-state index contributed by atoms with van der Waals surface area (Å²) in [5, 5.41) is 8.05. The van der Waals surface area contributed by atoms with E-state index in [9.17, 15) is 4.79 Å². The van der Waals surface area contributed by atoms with Gasteiger partial charge < -0.3 is 9.72 Å². The number of hydrogen-bond acceptors (Lipinski definition) is 4. The maximum Gasteiger partial charge on any atom is 0.339 e. The molecule has 3 rings (SSSR count). The minimum atomic E-state index is -0.295. The lowest BCUT2D eigenvalue weighted by Gasteiger charge is -2.00. The first-order valence-corrected chi connectivity index (χ1v) is 5.82. The van der Waals surface area contributed by atoms with Gasteiger partial charge in [0.1, 0.15) is 0 Å². The highest BCUT2D eigenvalue weighted by Gasteiger charge is 2.44. The molecule has 6 heteroatoms. The van der Waals surface area contributed by atoms with E-state index in [4.69, 9.17) is 4.74 Å². The molecule has 2 atom stereocenters. The van der Waals surface area contributed by atoms with Gasteiger partial charge in [-0.05, 0) is 12.5 Å². The van der Waals surface area contributed by atoms with Gasteiger partial charge in [0.25, 0.3) is 0 Å². The van der Waals surface area contributed by atoms with Crippen molar-refractivity contribution in [2.24, 2.45) is 7.05 Å². The smallest absolute Gasteiger partial charge is 0.339 e. The molecule has 0 aromatic carbocycles. The maximum absolute atomic E-state index is 11.6. The largest absolute Gasteiger partial charge is 0.465 e. The van der Waals surface area contributed by atoms with E-state index in [1.165, 1.54) is 7.11 Å². The predicted molar refractivity (Wildman–Crippen MR) is 63.2 cm³/mol. The molecule has 1 fully saturated rings. The van der Waals surface area contributed by atoms with E-state index in [0.717, 1.165) is 17.8 Å². The molecule has 18 heavy (non-hydrogen) atoms. The van der Waals surface area contributed by atoms with E-state index in [1.807, 2.05) is 13.2 Å². The number of ether oxygens (including phenoxy) is 1. The molecule has 0 saturated heterocycles. The molecule has 1 aliphatic carbocycles. The first-order chi connectivity index (χ1) is 8.70. The van der Waals surface area contributed by atoms with E-state index < -0.39 is 0 Å². The zero-order valence-corrected chi connectivity index (χ0v) is 10.3. The highest BCUT2D eigenvalue weighted by Crippen LogP contribution is 2.54. The first kappa shape index (κ1) is 11.0. The van der Waals surface area contributed by atoms with Crippen LogP contribution in [0.4, 0.5) is 0 Å². The molecule has 94 valence electrons. The van der Waals surface area contributed by atoms with Gasteiger partial charge in [-0.3, -0.25) is 4.68 Å². The van der Waals surface area contributed by atoms with Crippen molar-refractivity contribution in [3.63, 3.8) is 0 Å². The summed E-state index contributed by atoms with van der Waals surface area (Å²) in [6, 6.07) is 1.76. The van der Waals surface area contributed by atoms with Crippen LogP contribution < -0.4 is 0 Å². The van der Waals surface area contributed by atoms with Crippen molar-refractivity contribution in [2.45, 2.75) is 18.3 Å². The van der Waals surface area contributed by atoms with Crippen LogP contribution in [0.5, 0.6) is 0 Å². The lowest BCUT2D eigenvalue weighted by atomic mass is 10.1. The van der Waals surface area contributed by atoms with Crippen LogP contribution in [0.3, 0.4) is 0 Å². The van der Waals surface area contributed by atoms with Gasteiger partial charge in [-0.2, -0.15) is 0 Å². The average molecular weight is 246 g/mol. The van der Waals surface area contributed by atoms with Gasteiger partial charge >= 0.3 is 5.97 Å². The molecule has 1 unspecified atom stereocenters. The van der Waals surface area contributed by atoms with Crippen LogP contribution in [-0.4, -0.2) is 33.1 Å². The fourth-order valence-corrected chi connectivity index (χ4v) is 2.35. The number of esters is 1. The molecule has 1 aliphatic rings. The molecule has 2 aromatic heterocycles. The van der Waals surface area contributed by atoms with Crippen LogP contribution >= 0.6 is 0 Å². The summed E-state index contributed by atoms with van der Waals surface area (Å²) in [5.41, 5.74) is 2.54. The third-order valence-electron chi connectivity index (χ3n) is 3.35. The van der Waals surface area contributed by atoms with Crippen LogP contribution in [0.2, 0.25) is 0 Å². The van der Waals surface area contributed by atoms with Gasteiger partial charge in [-0.1, -0.05) is 5.21 Å². The first-order valence-electron chi connectivity index (χ1n) is 5.82. The van der Waals surface area contributed by atoms with E-state index in [-0.39, 0.29) is 5.97 Å². The minimum absolute atomic E-state index is 0.295. The van der Waals surface area contributed by atoms with Crippen molar-refractivity contribution in [3.05, 3.63) is 35.4 Å². The summed E-state index contributed by atoms with van der Waals surface area (Å²) < 4.78 is 6.46. The Labute approximate surface area is 104 Å². The van der Waals surface area contributed by atoms with Crippen molar-refractivity contribution in [2.75, 3.05) is 7.11 Å². The normalized spacial score (nSPS) is 21.9. The molecule has 0 bridgehead atoms. The lowest BCUT2D eigenvalue weighted by molar-refractivity contribution is 0.0599. The Morgan fingerprint density at radius 3 is 3.06 bits per heavy atom. The second-order valence-electron chi connectivity index (χ2n) is 4.56. The highest BCUT2D eigenvalue weighted by atomic mass is 16.5. The number of nitrogens with zero attached hydrogens (tertiary/aromatic N) is 3. The van der Waals surface area contributed by atoms with E-state index >= 15 is 0 Å². The summed E-state index contributed by atoms with van der Waals surface area (Å²) >= 11 is 0. The topological polar surface area (TPSA) is 72.8 Å². The highest BCUT2D eigenvalue weighted by molar-refractivity contribution is 5.91. The van der Waals surface area contributed by atoms with E-state index in [2.05, 4.69) is 15.3 Å². The fourth-order valence-electron chi connectivity index (χ4n) is 2.35. The van der Waals surface area contributed by atoms with Crippen LogP contribution in [-0.2, 0) is 11.8 Å². The van der Waals surface area contributed by atoms with Gasteiger partial charge in [0.15, 0.2) is 0 Å². The van der Waals surface area contributed by atoms with Crippen molar-refractivity contribution in [3.8, 4) is 0 Å². The fraction of sp³-hybridized carbons (Fsp3) is 0.417. The number of carbonyl (C=O) groups is 1. The van der Waals surface area contributed by atoms with Crippen molar-refractivity contribution in [1.82, 2.24) is 20.0 Å².